The summed E-state index contributed by atoms with van der Waals surface area (Å²) >= 11 is 11.8. The van der Waals surface area contributed by atoms with Crippen molar-refractivity contribution in [3.8, 4) is 0 Å². The fourth-order valence-electron chi connectivity index (χ4n) is 1.46. The number of halogens is 2. The largest absolute Gasteiger partial charge is 0.387 e. The summed E-state index contributed by atoms with van der Waals surface area (Å²) in [5.41, 5.74) is 0.651. The molecule has 0 aromatic heterocycles. The minimum absolute atomic E-state index is 0.448. The number of hydrogen-bond donors (Lipinski definition) is 2. The maximum atomic E-state index is 9.95. The summed E-state index contributed by atoms with van der Waals surface area (Å²) < 4.78 is 4.93. The standard InChI is InChI=1S/C12H17Cl2NO2/c1-17-6-2-5-15-8-12(16)10-7-9(13)3-4-11(10)14/h3-4,7,12,15-16H,2,5-6,8H2,1H3. The molecule has 0 bridgehead atoms. The van der Waals surface area contributed by atoms with E-state index >= 15 is 0 Å². The molecule has 1 aromatic carbocycles. The molecular formula is C12H17Cl2NO2. The van der Waals surface area contributed by atoms with Gasteiger partial charge in [-0.25, -0.2) is 0 Å². The van der Waals surface area contributed by atoms with Gasteiger partial charge in [0.1, 0.15) is 0 Å². The van der Waals surface area contributed by atoms with Crippen molar-refractivity contribution in [3.05, 3.63) is 33.8 Å². The van der Waals surface area contributed by atoms with Gasteiger partial charge in [-0.05, 0) is 31.2 Å². The van der Waals surface area contributed by atoms with E-state index in [1.165, 1.54) is 0 Å². The number of nitrogens with one attached hydrogen (secondary N) is 1. The number of ether oxygens (including phenoxy) is 1. The summed E-state index contributed by atoms with van der Waals surface area (Å²) in [5.74, 6) is 0. The smallest absolute Gasteiger partial charge is 0.0929 e. The summed E-state index contributed by atoms with van der Waals surface area (Å²) in [6, 6.07) is 5.07. The summed E-state index contributed by atoms with van der Waals surface area (Å²) in [6.45, 7) is 1.95. The molecule has 0 saturated heterocycles. The molecule has 96 valence electrons. The lowest BCUT2D eigenvalue weighted by atomic mass is 10.1. The van der Waals surface area contributed by atoms with Gasteiger partial charge in [-0.3, -0.25) is 0 Å². The molecule has 0 fully saturated rings. The van der Waals surface area contributed by atoms with Crippen LogP contribution >= 0.6 is 23.2 Å². The highest BCUT2D eigenvalue weighted by Gasteiger charge is 2.11. The van der Waals surface area contributed by atoms with Crippen molar-refractivity contribution in [3.63, 3.8) is 0 Å². The Balaban J connectivity index is 2.41. The molecule has 1 aromatic rings. The van der Waals surface area contributed by atoms with Gasteiger partial charge in [0.15, 0.2) is 0 Å². The highest BCUT2D eigenvalue weighted by atomic mass is 35.5. The van der Waals surface area contributed by atoms with Crippen LogP contribution in [0.3, 0.4) is 0 Å². The fraction of sp³-hybridized carbons (Fsp3) is 0.500. The van der Waals surface area contributed by atoms with Crippen LogP contribution in [0.2, 0.25) is 10.0 Å². The van der Waals surface area contributed by atoms with Crippen LogP contribution in [0, 0.1) is 0 Å². The van der Waals surface area contributed by atoms with Crippen LogP contribution in [0.1, 0.15) is 18.1 Å². The third-order valence-electron chi connectivity index (χ3n) is 2.36. The molecule has 0 aliphatic carbocycles. The summed E-state index contributed by atoms with van der Waals surface area (Å²) in [7, 11) is 1.67. The Morgan fingerprint density at radius 1 is 1.41 bits per heavy atom. The zero-order valence-corrected chi connectivity index (χ0v) is 11.3. The number of aliphatic hydroxyl groups is 1. The van der Waals surface area contributed by atoms with Crippen molar-refractivity contribution in [2.45, 2.75) is 12.5 Å². The zero-order valence-electron chi connectivity index (χ0n) is 9.75. The highest BCUT2D eigenvalue weighted by molar-refractivity contribution is 6.33. The molecule has 0 radical (unpaired) electrons. The van der Waals surface area contributed by atoms with Gasteiger partial charge in [-0.1, -0.05) is 23.2 Å². The van der Waals surface area contributed by atoms with Crippen molar-refractivity contribution < 1.29 is 9.84 Å². The van der Waals surface area contributed by atoms with E-state index in [9.17, 15) is 5.11 Å². The first-order chi connectivity index (χ1) is 8.15. The second-order valence-corrected chi connectivity index (χ2v) is 4.58. The van der Waals surface area contributed by atoms with Gasteiger partial charge in [0.05, 0.1) is 6.10 Å². The van der Waals surface area contributed by atoms with Gasteiger partial charge in [0.25, 0.3) is 0 Å². The van der Waals surface area contributed by atoms with Crippen LogP contribution in [0.4, 0.5) is 0 Å². The first-order valence-corrected chi connectivity index (χ1v) is 6.23. The molecule has 17 heavy (non-hydrogen) atoms. The van der Waals surface area contributed by atoms with Crippen molar-refractivity contribution in [1.82, 2.24) is 5.32 Å². The highest BCUT2D eigenvalue weighted by Crippen LogP contribution is 2.25. The van der Waals surface area contributed by atoms with E-state index in [0.29, 0.717) is 28.8 Å². The van der Waals surface area contributed by atoms with Crippen LogP contribution in [0.15, 0.2) is 18.2 Å². The van der Waals surface area contributed by atoms with E-state index in [2.05, 4.69) is 5.32 Å². The van der Waals surface area contributed by atoms with Crippen molar-refractivity contribution in [1.29, 1.82) is 0 Å². The molecule has 5 heteroatoms. The zero-order chi connectivity index (χ0) is 12.7. The lowest BCUT2D eigenvalue weighted by molar-refractivity contribution is 0.168. The monoisotopic (exact) mass is 277 g/mol. The normalized spacial score (nSPS) is 12.7. The molecule has 0 spiro atoms. The van der Waals surface area contributed by atoms with Gasteiger partial charge in [-0.2, -0.15) is 0 Å². The molecule has 3 nitrogen and oxygen atoms in total. The van der Waals surface area contributed by atoms with E-state index in [1.807, 2.05) is 0 Å². The van der Waals surface area contributed by atoms with E-state index in [-0.39, 0.29) is 0 Å². The Hall–Kier alpha value is -0.320. The van der Waals surface area contributed by atoms with Crippen molar-refractivity contribution in [2.24, 2.45) is 0 Å². The number of hydrogen-bond acceptors (Lipinski definition) is 3. The summed E-state index contributed by atoms with van der Waals surface area (Å²) in [5, 5.41) is 14.2. The van der Waals surface area contributed by atoms with Crippen LogP contribution in [0.25, 0.3) is 0 Å². The second-order valence-electron chi connectivity index (χ2n) is 3.73. The molecule has 0 heterocycles. The fourth-order valence-corrected chi connectivity index (χ4v) is 1.88. The minimum Gasteiger partial charge on any atom is -0.387 e. The van der Waals surface area contributed by atoms with Crippen LogP contribution in [-0.2, 0) is 4.74 Å². The minimum atomic E-state index is -0.649. The molecular weight excluding hydrogens is 261 g/mol. The summed E-state index contributed by atoms with van der Waals surface area (Å²) in [4.78, 5) is 0. The molecule has 0 aliphatic rings. The SMILES string of the molecule is COCCCNCC(O)c1cc(Cl)ccc1Cl. The van der Waals surface area contributed by atoms with Gasteiger partial charge in [-0.15, -0.1) is 0 Å². The number of benzene rings is 1. The molecule has 2 N–H and O–H groups in total. The molecule has 0 saturated carbocycles. The van der Waals surface area contributed by atoms with E-state index in [0.717, 1.165) is 13.0 Å². The third kappa shape index (κ3) is 5.23. The molecule has 0 amide bonds. The predicted molar refractivity (Wildman–Crippen MR) is 70.8 cm³/mol. The Labute approximate surface area is 112 Å². The average Bonchev–Trinajstić information content (AvgIpc) is 2.32. The molecule has 1 atom stereocenters. The third-order valence-corrected chi connectivity index (χ3v) is 2.94. The Bertz CT molecular complexity index is 347. The quantitative estimate of drug-likeness (QED) is 0.753. The first kappa shape index (κ1) is 14.7. The second kappa shape index (κ2) is 7.90. The predicted octanol–water partition coefficient (Wildman–Crippen LogP) is 2.65. The Morgan fingerprint density at radius 3 is 2.88 bits per heavy atom. The number of rotatable bonds is 7. The van der Waals surface area contributed by atoms with Crippen LogP contribution in [0.5, 0.6) is 0 Å². The Morgan fingerprint density at radius 2 is 2.18 bits per heavy atom. The van der Waals surface area contributed by atoms with Crippen LogP contribution in [-0.4, -0.2) is 31.9 Å². The maximum absolute atomic E-state index is 9.95. The van der Waals surface area contributed by atoms with E-state index in [1.54, 1.807) is 25.3 Å². The van der Waals surface area contributed by atoms with E-state index in [4.69, 9.17) is 27.9 Å². The van der Waals surface area contributed by atoms with Gasteiger partial charge in [0, 0.05) is 35.9 Å². The molecule has 1 unspecified atom stereocenters. The lowest BCUT2D eigenvalue weighted by Gasteiger charge is -2.14. The first-order valence-electron chi connectivity index (χ1n) is 5.48. The van der Waals surface area contributed by atoms with Crippen molar-refractivity contribution in [2.75, 3.05) is 26.8 Å². The summed E-state index contributed by atoms with van der Waals surface area (Å²) in [6.07, 6.45) is 0.260. The van der Waals surface area contributed by atoms with E-state index < -0.39 is 6.10 Å². The average molecular weight is 278 g/mol. The lowest BCUT2D eigenvalue weighted by Crippen LogP contribution is -2.23. The maximum Gasteiger partial charge on any atom is 0.0929 e. The van der Waals surface area contributed by atoms with Crippen LogP contribution < -0.4 is 5.32 Å². The molecule has 0 aliphatic heterocycles. The van der Waals surface area contributed by atoms with Gasteiger partial charge >= 0.3 is 0 Å². The Kier molecular flexibility index (Phi) is 6.85. The molecule has 1 rings (SSSR count). The van der Waals surface area contributed by atoms with Gasteiger partial charge in [0.2, 0.25) is 0 Å². The number of methoxy groups -OCH3 is 1. The number of aliphatic hydroxyl groups excluding tert-OH is 1. The van der Waals surface area contributed by atoms with Gasteiger partial charge < -0.3 is 15.2 Å². The topological polar surface area (TPSA) is 41.5 Å². The van der Waals surface area contributed by atoms with Crippen molar-refractivity contribution >= 4 is 23.2 Å².